The molecule has 0 spiro atoms. The minimum atomic E-state index is -0.260. The van der Waals surface area contributed by atoms with Crippen molar-refractivity contribution in [3.05, 3.63) is 56.2 Å². The molecule has 2 aromatic rings. The molecule has 1 aromatic heterocycles. The molecule has 0 aliphatic rings. The molecule has 0 atom stereocenters. The smallest absolute Gasteiger partial charge is 0.257 e. The number of benzene rings is 1. The molecule has 0 unspecified atom stereocenters. The van der Waals surface area contributed by atoms with Crippen LogP contribution in [0.25, 0.3) is 0 Å². The highest BCUT2D eigenvalue weighted by molar-refractivity contribution is 9.10. The number of rotatable bonds is 2. The Labute approximate surface area is 126 Å². The lowest BCUT2D eigenvalue weighted by molar-refractivity contribution is 0.102. The minimum absolute atomic E-state index is 0.260. The zero-order valence-electron chi connectivity index (χ0n) is 8.95. The van der Waals surface area contributed by atoms with E-state index in [2.05, 4.69) is 42.2 Å². The number of pyridine rings is 1. The van der Waals surface area contributed by atoms with Crippen LogP contribution in [0.5, 0.6) is 0 Å². The predicted octanol–water partition coefficient (Wildman–Crippen LogP) is 4.51. The fraction of sp³-hybridized carbons (Fsp3) is 0. The van der Waals surface area contributed by atoms with Crippen molar-refractivity contribution in [1.29, 1.82) is 0 Å². The van der Waals surface area contributed by atoms with Gasteiger partial charge in [-0.15, -0.1) is 0 Å². The van der Waals surface area contributed by atoms with Crippen LogP contribution in [0.15, 0.2) is 45.6 Å². The molecule has 2 rings (SSSR count). The van der Waals surface area contributed by atoms with Gasteiger partial charge in [-0.05, 0) is 40.2 Å². The van der Waals surface area contributed by atoms with E-state index in [4.69, 9.17) is 11.6 Å². The van der Waals surface area contributed by atoms with E-state index in [1.807, 2.05) is 0 Å². The van der Waals surface area contributed by atoms with Crippen LogP contribution in [0.4, 0.5) is 5.69 Å². The Morgan fingerprint density at radius 3 is 2.67 bits per heavy atom. The Morgan fingerprint density at radius 2 is 1.94 bits per heavy atom. The van der Waals surface area contributed by atoms with Gasteiger partial charge in [0, 0.05) is 21.3 Å². The molecule has 92 valence electrons. The van der Waals surface area contributed by atoms with Gasteiger partial charge in [0.15, 0.2) is 0 Å². The van der Waals surface area contributed by atoms with Crippen molar-refractivity contribution in [2.75, 3.05) is 5.32 Å². The lowest BCUT2D eigenvalue weighted by Gasteiger charge is -2.07. The van der Waals surface area contributed by atoms with Gasteiger partial charge >= 0.3 is 0 Å². The van der Waals surface area contributed by atoms with Crippen LogP contribution >= 0.6 is 43.5 Å². The lowest BCUT2D eigenvalue weighted by Crippen LogP contribution is -2.12. The summed E-state index contributed by atoms with van der Waals surface area (Å²) in [6, 6.07) is 6.94. The monoisotopic (exact) mass is 388 g/mol. The van der Waals surface area contributed by atoms with Crippen molar-refractivity contribution >= 4 is 55.1 Å². The molecule has 0 radical (unpaired) electrons. The van der Waals surface area contributed by atoms with Crippen molar-refractivity contribution < 1.29 is 4.79 Å². The van der Waals surface area contributed by atoms with Crippen LogP contribution < -0.4 is 5.32 Å². The summed E-state index contributed by atoms with van der Waals surface area (Å²) in [6.45, 7) is 0. The second-order valence-corrected chi connectivity index (χ2v) is 5.71. The van der Waals surface area contributed by atoms with Crippen molar-refractivity contribution in [2.45, 2.75) is 0 Å². The van der Waals surface area contributed by atoms with Crippen LogP contribution in [0.3, 0.4) is 0 Å². The van der Waals surface area contributed by atoms with Gasteiger partial charge in [0.25, 0.3) is 5.91 Å². The Balaban J connectivity index is 2.24. The van der Waals surface area contributed by atoms with Crippen molar-refractivity contribution in [3.8, 4) is 0 Å². The molecule has 1 N–H and O–H groups in total. The van der Waals surface area contributed by atoms with Crippen LogP contribution in [0, 0.1) is 0 Å². The van der Waals surface area contributed by atoms with E-state index in [-0.39, 0.29) is 5.91 Å². The number of hydrogen-bond donors (Lipinski definition) is 1. The fourth-order valence-corrected chi connectivity index (χ4v) is 2.21. The van der Waals surface area contributed by atoms with Gasteiger partial charge in [0.1, 0.15) is 0 Å². The summed E-state index contributed by atoms with van der Waals surface area (Å²) in [7, 11) is 0. The molecule has 0 fully saturated rings. The van der Waals surface area contributed by atoms with E-state index in [9.17, 15) is 4.79 Å². The topological polar surface area (TPSA) is 42.0 Å². The van der Waals surface area contributed by atoms with Crippen LogP contribution in [0.2, 0.25) is 5.02 Å². The average molecular weight is 390 g/mol. The third kappa shape index (κ3) is 3.31. The molecule has 0 bridgehead atoms. The molecule has 18 heavy (non-hydrogen) atoms. The first-order valence-electron chi connectivity index (χ1n) is 4.93. The molecule has 3 nitrogen and oxygen atoms in total. The zero-order chi connectivity index (χ0) is 13.1. The van der Waals surface area contributed by atoms with Crippen molar-refractivity contribution in [1.82, 2.24) is 4.98 Å². The third-order valence-corrected chi connectivity index (χ3v) is 3.40. The van der Waals surface area contributed by atoms with Gasteiger partial charge in [0.05, 0.1) is 16.3 Å². The molecule has 0 aliphatic carbocycles. The second kappa shape index (κ2) is 5.82. The third-order valence-electron chi connectivity index (χ3n) is 2.14. The fourth-order valence-electron chi connectivity index (χ4n) is 1.32. The van der Waals surface area contributed by atoms with E-state index in [1.165, 1.54) is 6.20 Å². The number of aromatic nitrogens is 1. The number of carbonyl (C=O) groups is 1. The molecule has 0 aliphatic heterocycles. The second-order valence-electron chi connectivity index (χ2n) is 3.47. The van der Waals surface area contributed by atoms with E-state index in [0.29, 0.717) is 16.3 Å². The largest absolute Gasteiger partial charge is 0.321 e. The summed E-state index contributed by atoms with van der Waals surface area (Å²) >= 11 is 12.6. The molecule has 0 saturated carbocycles. The van der Waals surface area contributed by atoms with Crippen LogP contribution in [-0.2, 0) is 0 Å². The van der Waals surface area contributed by atoms with Gasteiger partial charge in [-0.3, -0.25) is 9.78 Å². The molecular formula is C12H7Br2ClN2O. The maximum atomic E-state index is 12.0. The first-order valence-corrected chi connectivity index (χ1v) is 6.89. The molecule has 1 amide bonds. The van der Waals surface area contributed by atoms with Gasteiger partial charge < -0.3 is 5.32 Å². The highest BCUT2D eigenvalue weighted by Crippen LogP contribution is 2.26. The summed E-state index contributed by atoms with van der Waals surface area (Å²) in [4.78, 5) is 15.9. The Bertz CT molecular complexity index is 604. The molecule has 6 heteroatoms. The molecule has 0 saturated heterocycles. The van der Waals surface area contributed by atoms with E-state index in [0.717, 1.165) is 8.95 Å². The van der Waals surface area contributed by atoms with Crippen molar-refractivity contribution in [2.24, 2.45) is 0 Å². The summed E-state index contributed by atoms with van der Waals surface area (Å²) in [5.74, 6) is -0.260. The van der Waals surface area contributed by atoms with Gasteiger partial charge in [-0.25, -0.2) is 0 Å². The Hall–Kier alpha value is -0.910. The average Bonchev–Trinajstić information content (AvgIpc) is 2.34. The molecule has 1 aromatic carbocycles. The number of halogens is 3. The maximum absolute atomic E-state index is 12.0. The Kier molecular flexibility index (Phi) is 4.37. The SMILES string of the molecule is O=C(Nc1cc(Br)ccc1Cl)c1cncc(Br)c1. The predicted molar refractivity (Wildman–Crippen MR) is 79.0 cm³/mol. The summed E-state index contributed by atoms with van der Waals surface area (Å²) in [5.41, 5.74) is 1.01. The number of nitrogens with one attached hydrogen (secondary N) is 1. The molecular weight excluding hydrogens is 383 g/mol. The van der Waals surface area contributed by atoms with E-state index >= 15 is 0 Å². The Morgan fingerprint density at radius 1 is 1.17 bits per heavy atom. The van der Waals surface area contributed by atoms with Gasteiger partial charge in [0.2, 0.25) is 0 Å². The first kappa shape index (κ1) is 13.5. The number of amides is 1. The minimum Gasteiger partial charge on any atom is -0.321 e. The van der Waals surface area contributed by atoms with Gasteiger partial charge in [-0.2, -0.15) is 0 Å². The number of hydrogen-bond acceptors (Lipinski definition) is 2. The van der Waals surface area contributed by atoms with E-state index in [1.54, 1.807) is 30.5 Å². The van der Waals surface area contributed by atoms with Crippen molar-refractivity contribution in [3.63, 3.8) is 0 Å². The normalized spacial score (nSPS) is 10.2. The first-order chi connectivity index (χ1) is 8.56. The molecule has 1 heterocycles. The van der Waals surface area contributed by atoms with E-state index < -0.39 is 0 Å². The van der Waals surface area contributed by atoms with Gasteiger partial charge in [-0.1, -0.05) is 27.5 Å². The highest BCUT2D eigenvalue weighted by atomic mass is 79.9. The summed E-state index contributed by atoms with van der Waals surface area (Å²) in [5, 5.41) is 3.21. The van der Waals surface area contributed by atoms with Crippen LogP contribution in [0.1, 0.15) is 10.4 Å². The number of anilines is 1. The maximum Gasteiger partial charge on any atom is 0.257 e. The highest BCUT2D eigenvalue weighted by Gasteiger charge is 2.09. The standard InChI is InChI=1S/C12H7Br2ClN2O/c13-8-1-2-10(15)11(4-8)17-12(18)7-3-9(14)6-16-5-7/h1-6H,(H,17,18). The number of carbonyl (C=O) groups excluding carboxylic acids is 1. The van der Waals surface area contributed by atoms with Crippen LogP contribution in [-0.4, -0.2) is 10.9 Å². The summed E-state index contributed by atoms with van der Waals surface area (Å²) < 4.78 is 1.59. The zero-order valence-corrected chi connectivity index (χ0v) is 12.9. The quantitative estimate of drug-likeness (QED) is 0.820. The number of nitrogens with zero attached hydrogens (tertiary/aromatic N) is 1. The lowest BCUT2D eigenvalue weighted by atomic mass is 10.2. The summed E-state index contributed by atoms with van der Waals surface area (Å²) in [6.07, 6.45) is 3.11.